The lowest BCUT2D eigenvalue weighted by molar-refractivity contribution is 0.0314. The Morgan fingerprint density at radius 3 is 3.06 bits per heavy atom. The zero-order valence-corrected chi connectivity index (χ0v) is 11.6. The number of halogens is 1. The van der Waals surface area contributed by atoms with Crippen molar-refractivity contribution in [3.05, 3.63) is 11.2 Å². The second kappa shape index (κ2) is 5.42. The zero-order chi connectivity index (χ0) is 12.3. The number of hydrogen-bond acceptors (Lipinski definition) is 5. The minimum atomic E-state index is -0.0864. The van der Waals surface area contributed by atoms with Crippen molar-refractivity contribution in [3.63, 3.8) is 0 Å². The molecule has 1 unspecified atom stereocenters. The minimum Gasteiger partial charge on any atom is -0.373 e. The third-order valence-corrected chi connectivity index (χ3v) is 3.54. The SMILES string of the molecule is CSc1nc(Cl)cc(NCC2(C)CCCO2)n1. The molecule has 0 amide bonds. The van der Waals surface area contributed by atoms with Crippen LogP contribution in [0.3, 0.4) is 0 Å². The number of rotatable bonds is 4. The summed E-state index contributed by atoms with van der Waals surface area (Å²) >= 11 is 7.40. The first kappa shape index (κ1) is 12.9. The van der Waals surface area contributed by atoms with Crippen molar-refractivity contribution >= 4 is 29.2 Å². The molecule has 17 heavy (non-hydrogen) atoms. The van der Waals surface area contributed by atoms with Crippen molar-refractivity contribution in [3.8, 4) is 0 Å². The normalized spacial score (nSPS) is 23.9. The Labute approximate surface area is 111 Å². The standard InChI is InChI=1S/C11H16ClN3OS/c1-11(4-3-5-16-11)7-13-9-6-8(12)14-10(15-9)17-2/h6H,3-5,7H2,1-2H3,(H,13,14,15). The third kappa shape index (κ3) is 3.47. The second-order valence-electron chi connectivity index (χ2n) is 4.32. The van der Waals surface area contributed by atoms with E-state index in [1.165, 1.54) is 11.8 Å². The van der Waals surface area contributed by atoms with Crippen molar-refractivity contribution < 1.29 is 4.74 Å². The molecular formula is C11H16ClN3OS. The van der Waals surface area contributed by atoms with Gasteiger partial charge in [0.2, 0.25) is 0 Å². The number of hydrogen-bond donors (Lipinski definition) is 1. The van der Waals surface area contributed by atoms with Crippen LogP contribution in [0.2, 0.25) is 5.15 Å². The molecule has 4 nitrogen and oxygen atoms in total. The maximum absolute atomic E-state index is 5.92. The van der Waals surface area contributed by atoms with E-state index in [0.29, 0.717) is 10.3 Å². The van der Waals surface area contributed by atoms with E-state index in [1.54, 1.807) is 6.07 Å². The van der Waals surface area contributed by atoms with E-state index in [4.69, 9.17) is 16.3 Å². The molecule has 1 N–H and O–H groups in total. The highest BCUT2D eigenvalue weighted by atomic mass is 35.5. The Morgan fingerprint density at radius 2 is 2.41 bits per heavy atom. The van der Waals surface area contributed by atoms with Gasteiger partial charge in [0.15, 0.2) is 5.16 Å². The monoisotopic (exact) mass is 273 g/mol. The van der Waals surface area contributed by atoms with Gasteiger partial charge in [-0.15, -0.1) is 0 Å². The molecule has 2 rings (SSSR count). The predicted molar refractivity (Wildman–Crippen MR) is 70.9 cm³/mol. The molecular weight excluding hydrogens is 258 g/mol. The highest BCUT2D eigenvalue weighted by Gasteiger charge is 2.29. The average molecular weight is 274 g/mol. The van der Waals surface area contributed by atoms with Gasteiger partial charge in [0.1, 0.15) is 11.0 Å². The number of anilines is 1. The van der Waals surface area contributed by atoms with E-state index in [1.807, 2.05) is 6.26 Å². The Morgan fingerprint density at radius 1 is 1.59 bits per heavy atom. The number of ether oxygens (including phenoxy) is 1. The fourth-order valence-electron chi connectivity index (χ4n) is 1.83. The first-order valence-electron chi connectivity index (χ1n) is 5.58. The molecule has 1 fully saturated rings. The zero-order valence-electron chi connectivity index (χ0n) is 9.99. The van der Waals surface area contributed by atoms with Crippen LogP contribution in [-0.2, 0) is 4.74 Å². The van der Waals surface area contributed by atoms with Gasteiger partial charge >= 0.3 is 0 Å². The molecule has 0 bridgehead atoms. The van der Waals surface area contributed by atoms with E-state index < -0.39 is 0 Å². The number of aromatic nitrogens is 2. The Hall–Kier alpha value is -0.520. The average Bonchev–Trinajstić information content (AvgIpc) is 2.73. The van der Waals surface area contributed by atoms with E-state index in [2.05, 4.69) is 22.2 Å². The summed E-state index contributed by atoms with van der Waals surface area (Å²) < 4.78 is 5.70. The van der Waals surface area contributed by atoms with Gasteiger partial charge in [-0.25, -0.2) is 9.97 Å². The first-order chi connectivity index (χ1) is 8.11. The van der Waals surface area contributed by atoms with Crippen LogP contribution >= 0.6 is 23.4 Å². The Bertz CT molecular complexity index is 396. The van der Waals surface area contributed by atoms with Crippen molar-refractivity contribution in [2.75, 3.05) is 24.7 Å². The molecule has 0 radical (unpaired) electrons. The molecule has 1 aliphatic heterocycles. The first-order valence-corrected chi connectivity index (χ1v) is 7.18. The van der Waals surface area contributed by atoms with Gasteiger partial charge in [-0.1, -0.05) is 23.4 Å². The summed E-state index contributed by atoms with van der Waals surface area (Å²) in [5.41, 5.74) is -0.0864. The summed E-state index contributed by atoms with van der Waals surface area (Å²) in [5.74, 6) is 0.756. The third-order valence-electron chi connectivity index (χ3n) is 2.80. The highest BCUT2D eigenvalue weighted by molar-refractivity contribution is 7.98. The molecule has 1 atom stereocenters. The summed E-state index contributed by atoms with van der Waals surface area (Å²) in [5, 5.41) is 4.41. The molecule has 0 aromatic carbocycles. The van der Waals surface area contributed by atoms with Crippen molar-refractivity contribution in [1.82, 2.24) is 9.97 Å². The molecule has 1 saturated heterocycles. The van der Waals surface area contributed by atoms with Crippen LogP contribution < -0.4 is 5.32 Å². The summed E-state index contributed by atoms with van der Waals surface area (Å²) in [7, 11) is 0. The maximum atomic E-state index is 5.92. The minimum absolute atomic E-state index is 0.0864. The van der Waals surface area contributed by atoms with Crippen LogP contribution in [0.5, 0.6) is 0 Å². The number of thioether (sulfide) groups is 1. The lowest BCUT2D eigenvalue weighted by Crippen LogP contribution is -2.32. The van der Waals surface area contributed by atoms with E-state index in [0.717, 1.165) is 31.8 Å². The lowest BCUT2D eigenvalue weighted by Gasteiger charge is -2.23. The van der Waals surface area contributed by atoms with Crippen LogP contribution in [0.1, 0.15) is 19.8 Å². The van der Waals surface area contributed by atoms with Crippen molar-refractivity contribution in [1.29, 1.82) is 0 Å². The van der Waals surface area contributed by atoms with Gasteiger partial charge in [0.25, 0.3) is 0 Å². The van der Waals surface area contributed by atoms with E-state index in [-0.39, 0.29) is 5.60 Å². The summed E-state index contributed by atoms with van der Waals surface area (Å²) in [6.45, 7) is 3.71. The fourth-order valence-corrected chi connectivity index (χ4v) is 2.45. The molecule has 1 aromatic rings. The summed E-state index contributed by atoms with van der Waals surface area (Å²) in [6, 6.07) is 1.74. The molecule has 0 saturated carbocycles. The molecule has 6 heteroatoms. The van der Waals surface area contributed by atoms with Gasteiger partial charge in [0, 0.05) is 19.2 Å². The smallest absolute Gasteiger partial charge is 0.190 e. The van der Waals surface area contributed by atoms with Gasteiger partial charge in [-0.3, -0.25) is 0 Å². The Kier molecular flexibility index (Phi) is 4.12. The number of nitrogens with one attached hydrogen (secondary N) is 1. The largest absolute Gasteiger partial charge is 0.373 e. The topological polar surface area (TPSA) is 47.0 Å². The van der Waals surface area contributed by atoms with Crippen LogP contribution in [0.4, 0.5) is 5.82 Å². The highest BCUT2D eigenvalue weighted by Crippen LogP contribution is 2.25. The van der Waals surface area contributed by atoms with Gasteiger partial charge in [-0.05, 0) is 26.0 Å². The second-order valence-corrected chi connectivity index (χ2v) is 5.48. The number of nitrogens with zero attached hydrogens (tertiary/aromatic N) is 2. The van der Waals surface area contributed by atoms with E-state index >= 15 is 0 Å². The Balaban J connectivity index is 2.00. The fraction of sp³-hybridized carbons (Fsp3) is 0.636. The molecule has 1 aliphatic rings. The van der Waals surface area contributed by atoms with Crippen LogP contribution in [0.25, 0.3) is 0 Å². The van der Waals surface area contributed by atoms with E-state index in [9.17, 15) is 0 Å². The predicted octanol–water partition coefficient (Wildman–Crippen LogP) is 2.83. The molecule has 0 spiro atoms. The van der Waals surface area contributed by atoms with Gasteiger partial charge < -0.3 is 10.1 Å². The summed E-state index contributed by atoms with van der Waals surface area (Å²) in [6.07, 6.45) is 4.13. The van der Waals surface area contributed by atoms with Crippen molar-refractivity contribution in [2.45, 2.75) is 30.5 Å². The molecule has 2 heterocycles. The maximum Gasteiger partial charge on any atom is 0.190 e. The van der Waals surface area contributed by atoms with Crippen LogP contribution in [0, 0.1) is 0 Å². The lowest BCUT2D eigenvalue weighted by atomic mass is 10.0. The quantitative estimate of drug-likeness (QED) is 0.519. The molecule has 0 aliphatic carbocycles. The van der Waals surface area contributed by atoms with Crippen LogP contribution in [-0.4, -0.2) is 35.0 Å². The van der Waals surface area contributed by atoms with Crippen LogP contribution in [0.15, 0.2) is 11.2 Å². The molecule has 1 aromatic heterocycles. The van der Waals surface area contributed by atoms with Crippen molar-refractivity contribution in [2.24, 2.45) is 0 Å². The summed E-state index contributed by atoms with van der Waals surface area (Å²) in [4.78, 5) is 8.44. The van der Waals surface area contributed by atoms with Gasteiger partial charge in [0.05, 0.1) is 5.60 Å². The van der Waals surface area contributed by atoms with Gasteiger partial charge in [-0.2, -0.15) is 0 Å². The molecule has 94 valence electrons.